The molecule has 6 heteroatoms. The minimum absolute atomic E-state index is 0.262. The van der Waals surface area contributed by atoms with Gasteiger partial charge in [-0.2, -0.15) is 0 Å². The molecule has 1 heterocycles. The fraction of sp³-hybridized carbons (Fsp3) is 0.538. The van der Waals surface area contributed by atoms with Crippen LogP contribution in [-0.4, -0.2) is 37.6 Å². The van der Waals surface area contributed by atoms with E-state index in [0.717, 1.165) is 6.42 Å². The Bertz CT molecular complexity index is 515. The smallest absolute Gasteiger partial charge is 0.154 e. The molecular weight excluding hydrogens is 269 g/mol. The van der Waals surface area contributed by atoms with Crippen LogP contribution in [0, 0.1) is 5.82 Å². The predicted octanol–water partition coefficient (Wildman–Crippen LogP) is 1.03. The van der Waals surface area contributed by atoms with E-state index < -0.39 is 15.9 Å². The van der Waals surface area contributed by atoms with Gasteiger partial charge in [-0.25, -0.2) is 12.8 Å². The Morgan fingerprint density at radius 2 is 2.05 bits per heavy atom. The summed E-state index contributed by atoms with van der Waals surface area (Å²) in [5.41, 5.74) is 0.614. The van der Waals surface area contributed by atoms with Crippen molar-refractivity contribution in [2.45, 2.75) is 24.2 Å². The van der Waals surface area contributed by atoms with Gasteiger partial charge in [0, 0.05) is 13.1 Å². The normalized spacial score (nSPS) is 23.4. The van der Waals surface area contributed by atoms with Crippen LogP contribution in [-0.2, 0) is 9.84 Å². The quantitative estimate of drug-likeness (QED) is 0.849. The maximum atomic E-state index is 12.7. The summed E-state index contributed by atoms with van der Waals surface area (Å²) >= 11 is 0. The van der Waals surface area contributed by atoms with Crippen molar-refractivity contribution in [1.82, 2.24) is 5.32 Å². The fourth-order valence-corrected chi connectivity index (χ4v) is 4.07. The molecule has 1 saturated heterocycles. The summed E-state index contributed by atoms with van der Waals surface area (Å²) in [4.78, 5) is 0. The van der Waals surface area contributed by atoms with Crippen molar-refractivity contribution in [2.24, 2.45) is 0 Å². The van der Waals surface area contributed by atoms with Crippen LogP contribution in [0.5, 0.6) is 0 Å². The third-order valence-corrected chi connectivity index (χ3v) is 5.70. The predicted molar refractivity (Wildman–Crippen MR) is 71.0 cm³/mol. The fourth-order valence-electron chi connectivity index (χ4n) is 2.27. The summed E-state index contributed by atoms with van der Waals surface area (Å²) in [5.74, 6) is -0.0826. The summed E-state index contributed by atoms with van der Waals surface area (Å²) < 4.78 is 35.9. The van der Waals surface area contributed by atoms with Crippen molar-refractivity contribution in [3.05, 3.63) is 35.6 Å². The molecule has 2 rings (SSSR count). The van der Waals surface area contributed by atoms with Crippen LogP contribution in [0.4, 0.5) is 4.39 Å². The van der Waals surface area contributed by atoms with E-state index in [4.69, 9.17) is 0 Å². The lowest BCUT2D eigenvalue weighted by Gasteiger charge is -2.14. The molecule has 2 atom stereocenters. The molecule has 0 saturated carbocycles. The molecule has 4 nitrogen and oxygen atoms in total. The van der Waals surface area contributed by atoms with Gasteiger partial charge in [-0.15, -0.1) is 0 Å². The number of hydrogen-bond donors (Lipinski definition) is 2. The molecular formula is C13H18FNO3S. The maximum absolute atomic E-state index is 12.7. The van der Waals surface area contributed by atoms with Crippen molar-refractivity contribution in [1.29, 1.82) is 0 Å². The number of benzene rings is 1. The second-order valence-corrected chi connectivity index (χ2v) is 7.26. The molecule has 1 fully saturated rings. The lowest BCUT2D eigenvalue weighted by molar-refractivity contribution is 0.175. The molecule has 0 radical (unpaired) electrons. The molecule has 0 aliphatic carbocycles. The molecule has 0 bridgehead atoms. The Balaban J connectivity index is 1.81. The zero-order chi connectivity index (χ0) is 13.9. The second kappa shape index (κ2) is 5.98. The van der Waals surface area contributed by atoms with Gasteiger partial charge in [0.05, 0.1) is 17.1 Å². The Kier molecular flexibility index (Phi) is 4.54. The van der Waals surface area contributed by atoms with E-state index in [1.165, 1.54) is 24.3 Å². The first-order valence-electron chi connectivity index (χ1n) is 6.35. The van der Waals surface area contributed by atoms with E-state index >= 15 is 0 Å². The molecule has 2 N–H and O–H groups in total. The monoisotopic (exact) mass is 287 g/mol. The van der Waals surface area contributed by atoms with Gasteiger partial charge in [-0.3, -0.25) is 0 Å². The number of hydrogen-bond acceptors (Lipinski definition) is 4. The summed E-state index contributed by atoms with van der Waals surface area (Å²) in [5, 5.41) is 12.5. The van der Waals surface area contributed by atoms with Crippen LogP contribution in [0.25, 0.3) is 0 Å². The molecule has 106 valence electrons. The Labute approximate surface area is 112 Å². The maximum Gasteiger partial charge on any atom is 0.154 e. The number of rotatable bonds is 5. The first kappa shape index (κ1) is 14.4. The minimum atomic E-state index is -2.95. The summed E-state index contributed by atoms with van der Waals surface area (Å²) in [6.07, 6.45) is 0.640. The van der Waals surface area contributed by atoms with Gasteiger partial charge in [0.15, 0.2) is 9.84 Å². The average Bonchev–Trinajstić information content (AvgIpc) is 2.69. The number of aliphatic hydroxyl groups excluding tert-OH is 1. The lowest BCUT2D eigenvalue weighted by Crippen LogP contribution is -2.33. The molecule has 0 amide bonds. The molecule has 0 aromatic heterocycles. The van der Waals surface area contributed by atoms with E-state index in [0.29, 0.717) is 18.5 Å². The number of halogens is 1. The van der Waals surface area contributed by atoms with Gasteiger partial charge in [-0.05, 0) is 30.5 Å². The third-order valence-electron chi connectivity index (χ3n) is 3.43. The third kappa shape index (κ3) is 3.75. The van der Waals surface area contributed by atoms with Crippen molar-refractivity contribution < 1.29 is 17.9 Å². The minimum Gasteiger partial charge on any atom is -0.387 e. The Hall–Kier alpha value is -0.980. The van der Waals surface area contributed by atoms with Gasteiger partial charge in [0.1, 0.15) is 5.82 Å². The van der Waals surface area contributed by atoms with Crippen LogP contribution in [0.1, 0.15) is 24.5 Å². The summed E-state index contributed by atoms with van der Waals surface area (Å²) in [6.45, 7) is 0.623. The molecule has 0 spiro atoms. The van der Waals surface area contributed by atoms with Crippen LogP contribution in [0.15, 0.2) is 24.3 Å². The first-order chi connectivity index (χ1) is 8.99. The van der Waals surface area contributed by atoms with Crippen molar-refractivity contribution >= 4 is 9.84 Å². The highest BCUT2D eigenvalue weighted by molar-refractivity contribution is 7.92. The molecule has 1 aromatic carbocycles. The highest BCUT2D eigenvalue weighted by Gasteiger charge is 2.30. The topological polar surface area (TPSA) is 66.4 Å². The highest BCUT2D eigenvalue weighted by atomic mass is 32.2. The van der Waals surface area contributed by atoms with Crippen LogP contribution in [0.2, 0.25) is 0 Å². The summed E-state index contributed by atoms with van der Waals surface area (Å²) in [7, 11) is -2.95. The van der Waals surface area contributed by atoms with E-state index in [2.05, 4.69) is 5.32 Å². The zero-order valence-corrected chi connectivity index (χ0v) is 11.4. The molecule has 1 aliphatic rings. The van der Waals surface area contributed by atoms with Crippen molar-refractivity contribution in [3.63, 3.8) is 0 Å². The summed E-state index contributed by atoms with van der Waals surface area (Å²) in [6, 6.07) is 5.63. The van der Waals surface area contributed by atoms with Gasteiger partial charge in [0.25, 0.3) is 0 Å². The van der Waals surface area contributed by atoms with E-state index in [1.54, 1.807) is 0 Å². The van der Waals surface area contributed by atoms with Crippen molar-refractivity contribution in [2.75, 3.05) is 18.8 Å². The average molecular weight is 287 g/mol. The van der Waals surface area contributed by atoms with Crippen LogP contribution < -0.4 is 5.32 Å². The SMILES string of the molecule is O=S1(=O)CCCC1CNCC(O)c1ccc(F)cc1. The first-order valence-corrected chi connectivity index (χ1v) is 8.06. The van der Waals surface area contributed by atoms with Gasteiger partial charge >= 0.3 is 0 Å². The van der Waals surface area contributed by atoms with E-state index in [1.807, 2.05) is 0 Å². The van der Waals surface area contributed by atoms with Gasteiger partial charge in [0.2, 0.25) is 0 Å². The Morgan fingerprint density at radius 1 is 1.37 bits per heavy atom. The van der Waals surface area contributed by atoms with Gasteiger partial charge < -0.3 is 10.4 Å². The number of nitrogens with one attached hydrogen (secondary N) is 1. The second-order valence-electron chi connectivity index (χ2n) is 4.86. The van der Waals surface area contributed by atoms with Gasteiger partial charge in [-0.1, -0.05) is 12.1 Å². The number of sulfone groups is 1. The van der Waals surface area contributed by atoms with Crippen LogP contribution in [0.3, 0.4) is 0 Å². The molecule has 1 aliphatic heterocycles. The molecule has 2 unspecified atom stereocenters. The van der Waals surface area contributed by atoms with E-state index in [9.17, 15) is 17.9 Å². The molecule has 1 aromatic rings. The number of aliphatic hydroxyl groups is 1. The highest BCUT2D eigenvalue weighted by Crippen LogP contribution is 2.19. The lowest BCUT2D eigenvalue weighted by atomic mass is 10.1. The van der Waals surface area contributed by atoms with E-state index in [-0.39, 0.29) is 23.4 Å². The largest absolute Gasteiger partial charge is 0.387 e. The van der Waals surface area contributed by atoms with Crippen molar-refractivity contribution in [3.8, 4) is 0 Å². The standard InChI is InChI=1S/C13H18FNO3S/c14-11-5-3-10(4-6-11)13(16)9-15-8-12-2-1-7-19(12,17)18/h3-6,12-13,15-16H,1-2,7-9H2. The van der Waals surface area contributed by atoms with Crippen LogP contribution >= 0.6 is 0 Å². The Morgan fingerprint density at radius 3 is 2.63 bits per heavy atom. The zero-order valence-electron chi connectivity index (χ0n) is 10.5. The molecule has 19 heavy (non-hydrogen) atoms.